The Morgan fingerprint density at radius 3 is 2.00 bits per heavy atom. The Morgan fingerprint density at radius 2 is 1.44 bits per heavy atom. The van der Waals surface area contributed by atoms with Gasteiger partial charge in [0.2, 0.25) is 0 Å². The van der Waals surface area contributed by atoms with Crippen LogP contribution < -0.4 is 0 Å². The molecule has 1 aliphatic carbocycles. The van der Waals surface area contributed by atoms with E-state index < -0.39 is 29.2 Å². The van der Waals surface area contributed by atoms with Crippen LogP contribution in [-0.2, 0) is 41.6 Å². The molecule has 3 aromatic rings. The van der Waals surface area contributed by atoms with Gasteiger partial charge in [-0.05, 0) is 62.9 Å². The van der Waals surface area contributed by atoms with Gasteiger partial charge in [-0.1, -0.05) is 41.9 Å². The van der Waals surface area contributed by atoms with Gasteiger partial charge in [0.1, 0.15) is 0 Å². The smallest absolute Gasteiger partial charge is 0.335 e. The van der Waals surface area contributed by atoms with Crippen LogP contribution in [0.2, 0.25) is 5.02 Å². The lowest BCUT2D eigenvalue weighted by molar-refractivity contribution is -0.186. The number of halogens is 1. The number of para-hydroxylation sites is 1. The molecule has 190 valence electrons. The Kier molecular flexibility index (Phi) is 7.69. The maximum Gasteiger partial charge on any atom is 0.335 e. The number of benzene rings is 2. The molecule has 0 saturated heterocycles. The first kappa shape index (κ1) is 25.8. The normalized spacial score (nSPS) is 14.9. The van der Waals surface area contributed by atoms with Crippen LogP contribution in [0, 0.1) is 5.41 Å². The summed E-state index contributed by atoms with van der Waals surface area (Å²) in [6, 6.07) is 15.4. The summed E-state index contributed by atoms with van der Waals surface area (Å²) in [5, 5.41) is 1.65. The molecule has 1 aromatic heterocycles. The largest absolute Gasteiger partial charge is 0.465 e. The van der Waals surface area contributed by atoms with Gasteiger partial charge in [-0.15, -0.1) is 0 Å². The SMILES string of the molecule is CCOC(=O)C(C(=O)OCC)(C(=O)OCC)[C@@H]1CCc2c1n(Cc1ccc(Cl)cc1)c1ccccc21. The van der Waals surface area contributed by atoms with Crippen LogP contribution in [0.4, 0.5) is 0 Å². The Hall–Kier alpha value is -3.32. The van der Waals surface area contributed by atoms with Gasteiger partial charge in [0.05, 0.1) is 19.8 Å². The summed E-state index contributed by atoms with van der Waals surface area (Å²) in [5.41, 5.74) is 1.43. The van der Waals surface area contributed by atoms with Gasteiger partial charge in [0.15, 0.2) is 0 Å². The molecule has 0 spiro atoms. The number of nitrogens with zero attached hydrogens (tertiary/aromatic N) is 1. The molecule has 0 aliphatic heterocycles. The first-order valence-electron chi connectivity index (χ1n) is 12.3. The molecule has 8 heteroatoms. The fraction of sp³-hybridized carbons (Fsp3) is 0.393. The van der Waals surface area contributed by atoms with Crippen molar-refractivity contribution in [1.82, 2.24) is 4.57 Å². The van der Waals surface area contributed by atoms with Crippen molar-refractivity contribution in [3.8, 4) is 0 Å². The third kappa shape index (κ3) is 4.26. The zero-order valence-corrected chi connectivity index (χ0v) is 21.5. The first-order chi connectivity index (χ1) is 17.4. The first-order valence-corrected chi connectivity index (χ1v) is 12.6. The minimum absolute atomic E-state index is 0.00668. The summed E-state index contributed by atoms with van der Waals surface area (Å²) in [5.74, 6) is -3.64. The van der Waals surface area contributed by atoms with E-state index in [1.165, 1.54) is 0 Å². The van der Waals surface area contributed by atoms with Crippen LogP contribution in [0.5, 0.6) is 0 Å². The summed E-state index contributed by atoms with van der Waals surface area (Å²) >= 11 is 6.10. The van der Waals surface area contributed by atoms with E-state index in [0.717, 1.165) is 27.7 Å². The molecule has 1 atom stereocenters. The molecule has 0 radical (unpaired) electrons. The molecule has 0 bridgehead atoms. The molecule has 4 rings (SSSR count). The highest BCUT2D eigenvalue weighted by atomic mass is 35.5. The Balaban J connectivity index is 1.97. The summed E-state index contributed by atoms with van der Waals surface area (Å²) in [6.07, 6.45) is 0.987. The van der Waals surface area contributed by atoms with Crippen molar-refractivity contribution in [2.75, 3.05) is 19.8 Å². The third-order valence-corrected chi connectivity index (χ3v) is 6.95. The number of hydrogen-bond donors (Lipinski definition) is 0. The van der Waals surface area contributed by atoms with E-state index >= 15 is 0 Å². The van der Waals surface area contributed by atoms with Crippen LogP contribution in [-0.4, -0.2) is 42.3 Å². The van der Waals surface area contributed by atoms with Gasteiger partial charge in [-0.3, -0.25) is 14.4 Å². The van der Waals surface area contributed by atoms with Gasteiger partial charge in [0.25, 0.3) is 5.41 Å². The highest BCUT2D eigenvalue weighted by molar-refractivity contribution is 6.30. The van der Waals surface area contributed by atoms with Crippen LogP contribution in [0.15, 0.2) is 48.5 Å². The van der Waals surface area contributed by atoms with Gasteiger partial charge >= 0.3 is 17.9 Å². The fourth-order valence-corrected chi connectivity index (χ4v) is 5.38. The van der Waals surface area contributed by atoms with Gasteiger partial charge in [0, 0.05) is 34.1 Å². The lowest BCUT2D eigenvalue weighted by Gasteiger charge is -2.33. The average molecular weight is 512 g/mol. The molecule has 0 unspecified atom stereocenters. The number of ether oxygens (including phenoxy) is 3. The second-order valence-corrected chi connectivity index (χ2v) is 9.09. The Morgan fingerprint density at radius 1 is 0.889 bits per heavy atom. The lowest BCUT2D eigenvalue weighted by Crippen LogP contribution is -2.53. The Bertz CT molecular complexity index is 1230. The van der Waals surface area contributed by atoms with Crippen molar-refractivity contribution in [2.24, 2.45) is 5.41 Å². The predicted octanol–water partition coefficient (Wildman–Crippen LogP) is 5.05. The van der Waals surface area contributed by atoms with Crippen LogP contribution in [0.1, 0.15) is 49.9 Å². The molecule has 2 aromatic carbocycles. The van der Waals surface area contributed by atoms with Crippen LogP contribution in [0.25, 0.3) is 10.9 Å². The van der Waals surface area contributed by atoms with Crippen molar-refractivity contribution in [2.45, 2.75) is 46.1 Å². The number of carbonyl (C=O) groups is 3. The van der Waals surface area contributed by atoms with Crippen LogP contribution in [0.3, 0.4) is 0 Å². The number of rotatable bonds is 9. The standard InChI is InChI=1S/C28H30ClNO6/c1-4-34-25(31)28(26(32)35-5-2,27(33)36-6-3)22-16-15-21-20-9-7-8-10-23(20)30(24(21)22)17-18-11-13-19(29)14-12-18/h7-14,22H,4-6,15-17H2,1-3H3/t22-/m1/s1. The van der Waals surface area contributed by atoms with Crippen molar-refractivity contribution < 1.29 is 28.6 Å². The molecular formula is C28H30ClNO6. The molecule has 1 heterocycles. The van der Waals surface area contributed by atoms with Gasteiger partial charge in [-0.25, -0.2) is 0 Å². The number of aryl methyl sites for hydroxylation is 1. The molecule has 0 amide bonds. The van der Waals surface area contributed by atoms with E-state index in [4.69, 9.17) is 25.8 Å². The average Bonchev–Trinajstić information content (AvgIpc) is 3.42. The molecule has 0 N–H and O–H groups in total. The quantitative estimate of drug-likeness (QED) is 0.227. The molecular weight excluding hydrogens is 482 g/mol. The van der Waals surface area contributed by atoms with Gasteiger partial charge in [-0.2, -0.15) is 0 Å². The lowest BCUT2D eigenvalue weighted by atomic mass is 9.73. The number of esters is 3. The fourth-order valence-electron chi connectivity index (χ4n) is 5.26. The van der Waals surface area contributed by atoms with E-state index in [-0.39, 0.29) is 19.8 Å². The summed E-state index contributed by atoms with van der Waals surface area (Å²) in [6.45, 7) is 5.39. The molecule has 1 aliphatic rings. The van der Waals surface area contributed by atoms with Crippen molar-refractivity contribution >= 4 is 40.4 Å². The maximum atomic E-state index is 13.6. The number of hydrogen-bond acceptors (Lipinski definition) is 6. The minimum atomic E-state index is -2.26. The molecule has 7 nitrogen and oxygen atoms in total. The summed E-state index contributed by atoms with van der Waals surface area (Å²) < 4.78 is 18.1. The highest BCUT2D eigenvalue weighted by Gasteiger charge is 2.65. The minimum Gasteiger partial charge on any atom is -0.465 e. The second-order valence-electron chi connectivity index (χ2n) is 8.65. The monoisotopic (exact) mass is 511 g/mol. The number of aromatic nitrogens is 1. The summed E-state index contributed by atoms with van der Waals surface area (Å²) in [4.78, 5) is 40.7. The van der Waals surface area contributed by atoms with Gasteiger partial charge < -0.3 is 18.8 Å². The third-order valence-electron chi connectivity index (χ3n) is 6.70. The second kappa shape index (κ2) is 10.7. The van der Waals surface area contributed by atoms with E-state index in [1.54, 1.807) is 20.8 Å². The topological polar surface area (TPSA) is 83.8 Å². The van der Waals surface area contributed by atoms with Crippen molar-refractivity contribution in [3.63, 3.8) is 0 Å². The predicted molar refractivity (Wildman–Crippen MR) is 136 cm³/mol. The van der Waals surface area contributed by atoms with E-state index in [2.05, 4.69) is 4.57 Å². The summed E-state index contributed by atoms with van der Waals surface area (Å²) in [7, 11) is 0. The van der Waals surface area contributed by atoms with E-state index in [0.29, 0.717) is 24.4 Å². The van der Waals surface area contributed by atoms with E-state index in [1.807, 2.05) is 48.5 Å². The van der Waals surface area contributed by atoms with Crippen LogP contribution >= 0.6 is 11.6 Å². The molecule has 0 saturated carbocycles. The maximum absolute atomic E-state index is 13.6. The molecule has 36 heavy (non-hydrogen) atoms. The number of fused-ring (bicyclic) bond motifs is 3. The number of carbonyl (C=O) groups excluding carboxylic acids is 3. The van der Waals surface area contributed by atoms with Crippen molar-refractivity contribution in [1.29, 1.82) is 0 Å². The van der Waals surface area contributed by atoms with E-state index in [9.17, 15) is 14.4 Å². The zero-order chi connectivity index (χ0) is 25.9. The zero-order valence-electron chi connectivity index (χ0n) is 20.7. The highest BCUT2D eigenvalue weighted by Crippen LogP contribution is 2.51. The molecule has 0 fully saturated rings. The Labute approximate surface area is 215 Å². The van der Waals surface area contributed by atoms with Crippen molar-refractivity contribution in [3.05, 3.63) is 70.4 Å².